The van der Waals surface area contributed by atoms with E-state index in [1.807, 2.05) is 0 Å². The molecule has 4 aliphatic rings. The van der Waals surface area contributed by atoms with Gasteiger partial charge >= 0.3 is 6.09 Å². The van der Waals surface area contributed by atoms with Crippen LogP contribution in [-0.4, -0.2) is 56.3 Å². The number of hydrogen-bond acceptors (Lipinski definition) is 6. The third-order valence-electron chi connectivity index (χ3n) is 7.04. The second-order valence-corrected chi connectivity index (χ2v) is 9.28. The van der Waals surface area contributed by atoms with Gasteiger partial charge in [0.05, 0.1) is 24.0 Å². The highest BCUT2D eigenvalue weighted by Crippen LogP contribution is 2.41. The van der Waals surface area contributed by atoms with Crippen LogP contribution in [0.5, 0.6) is 5.75 Å². The first-order valence-electron chi connectivity index (χ1n) is 11.9. The van der Waals surface area contributed by atoms with E-state index in [1.54, 1.807) is 29.2 Å². The number of ether oxygens (including phenoxy) is 2. The van der Waals surface area contributed by atoms with Gasteiger partial charge in [-0.05, 0) is 55.6 Å². The lowest BCUT2D eigenvalue weighted by Gasteiger charge is -2.30. The van der Waals surface area contributed by atoms with Gasteiger partial charge in [0.2, 0.25) is 5.91 Å². The first kappa shape index (κ1) is 21.8. The Balaban J connectivity index is 1.04. The molecule has 2 aromatic carbocycles. The molecule has 4 aliphatic heterocycles. The molecule has 3 amide bonds. The van der Waals surface area contributed by atoms with Crippen molar-refractivity contribution in [3.63, 3.8) is 0 Å². The lowest BCUT2D eigenvalue weighted by atomic mass is 9.99. The molecule has 2 N–H and O–H groups in total. The molecule has 35 heavy (non-hydrogen) atoms. The SMILES string of the molecule is O=C1COc2ccc(N3C[C@@H](CCNCC4Cc5c(F)ccc6c5N4C(=O)CC6)OC3=O)cc2N1. The summed E-state index contributed by atoms with van der Waals surface area (Å²) < 4.78 is 25.3. The van der Waals surface area contributed by atoms with Crippen LogP contribution >= 0.6 is 0 Å². The van der Waals surface area contributed by atoms with Crippen molar-refractivity contribution >= 4 is 35.0 Å². The molecule has 9 nitrogen and oxygen atoms in total. The normalized spacial score (nSPS) is 22.5. The summed E-state index contributed by atoms with van der Waals surface area (Å²) in [5, 5.41) is 6.11. The molecule has 0 bridgehead atoms. The molecule has 182 valence electrons. The molecule has 6 rings (SSSR count). The molecule has 0 saturated carbocycles. The van der Waals surface area contributed by atoms with Crippen molar-refractivity contribution in [2.75, 3.05) is 41.4 Å². The monoisotopic (exact) mass is 480 g/mol. The number of hydrogen-bond donors (Lipinski definition) is 2. The van der Waals surface area contributed by atoms with Gasteiger partial charge in [0.25, 0.3) is 5.91 Å². The summed E-state index contributed by atoms with van der Waals surface area (Å²) >= 11 is 0. The van der Waals surface area contributed by atoms with Gasteiger partial charge in [0.15, 0.2) is 6.61 Å². The predicted molar refractivity (Wildman–Crippen MR) is 125 cm³/mol. The van der Waals surface area contributed by atoms with E-state index in [9.17, 15) is 18.8 Å². The van der Waals surface area contributed by atoms with E-state index in [4.69, 9.17) is 9.47 Å². The third-order valence-corrected chi connectivity index (χ3v) is 7.04. The summed E-state index contributed by atoms with van der Waals surface area (Å²) in [6, 6.07) is 8.36. The predicted octanol–water partition coefficient (Wildman–Crippen LogP) is 2.37. The summed E-state index contributed by atoms with van der Waals surface area (Å²) in [7, 11) is 0. The molecular weight excluding hydrogens is 455 g/mol. The Morgan fingerprint density at radius 1 is 1.14 bits per heavy atom. The van der Waals surface area contributed by atoms with Crippen molar-refractivity contribution in [1.82, 2.24) is 5.32 Å². The van der Waals surface area contributed by atoms with Gasteiger partial charge in [-0.25, -0.2) is 9.18 Å². The number of nitrogens with zero attached hydrogens (tertiary/aromatic N) is 2. The Labute approximate surface area is 201 Å². The fourth-order valence-corrected chi connectivity index (χ4v) is 5.37. The number of anilines is 3. The molecule has 4 heterocycles. The molecule has 10 heteroatoms. The number of amides is 3. The van der Waals surface area contributed by atoms with E-state index < -0.39 is 6.09 Å². The first-order valence-corrected chi connectivity index (χ1v) is 11.9. The van der Waals surface area contributed by atoms with E-state index >= 15 is 0 Å². The van der Waals surface area contributed by atoms with Gasteiger partial charge in [-0.15, -0.1) is 0 Å². The molecule has 0 spiro atoms. The Morgan fingerprint density at radius 3 is 2.91 bits per heavy atom. The number of nitrogens with one attached hydrogen (secondary N) is 2. The minimum absolute atomic E-state index is 0.0256. The van der Waals surface area contributed by atoms with Gasteiger partial charge in [0, 0.05) is 24.2 Å². The van der Waals surface area contributed by atoms with E-state index in [2.05, 4.69) is 10.6 Å². The van der Waals surface area contributed by atoms with Crippen molar-refractivity contribution in [2.24, 2.45) is 0 Å². The lowest BCUT2D eigenvalue weighted by molar-refractivity contribution is -0.119. The highest BCUT2D eigenvalue weighted by Gasteiger charge is 2.39. The van der Waals surface area contributed by atoms with Crippen molar-refractivity contribution in [2.45, 2.75) is 37.8 Å². The standard InChI is InChI=1S/C25H25FN4O5/c26-19-4-1-14-2-6-23(32)30-16(9-18(19)24(14)30)11-27-8-7-17-12-29(25(33)35-17)15-3-5-21-20(10-15)28-22(31)13-34-21/h1,3-5,10,16-17,27H,2,6-9,11-13H2,(H,28,31)/t16?,17-/m1/s1. The molecule has 1 unspecified atom stereocenters. The summed E-state index contributed by atoms with van der Waals surface area (Å²) in [5.41, 5.74) is 3.59. The highest BCUT2D eigenvalue weighted by atomic mass is 19.1. The maximum Gasteiger partial charge on any atom is 0.414 e. The molecule has 2 atom stereocenters. The molecule has 0 aliphatic carbocycles. The van der Waals surface area contributed by atoms with Crippen molar-refractivity contribution in [3.05, 3.63) is 47.3 Å². The fraction of sp³-hybridized carbons (Fsp3) is 0.400. The molecular formula is C25H25FN4O5. The zero-order valence-electron chi connectivity index (χ0n) is 19.0. The van der Waals surface area contributed by atoms with E-state index in [1.165, 1.54) is 11.0 Å². The van der Waals surface area contributed by atoms with Crippen LogP contribution in [0.15, 0.2) is 30.3 Å². The van der Waals surface area contributed by atoms with E-state index in [0.717, 1.165) is 11.3 Å². The Bertz CT molecular complexity index is 1230. The number of benzene rings is 2. The van der Waals surface area contributed by atoms with Crippen LogP contribution in [0, 0.1) is 5.82 Å². The second kappa shape index (κ2) is 8.53. The number of carbonyl (C=O) groups excluding carboxylic acids is 3. The van der Waals surface area contributed by atoms with Gasteiger partial charge in [-0.3, -0.25) is 14.5 Å². The van der Waals surface area contributed by atoms with Crippen molar-refractivity contribution < 1.29 is 28.2 Å². The van der Waals surface area contributed by atoms with Crippen molar-refractivity contribution in [3.8, 4) is 5.75 Å². The minimum atomic E-state index is -0.439. The lowest BCUT2D eigenvalue weighted by Crippen LogP contribution is -2.46. The fourth-order valence-electron chi connectivity index (χ4n) is 5.37. The highest BCUT2D eigenvalue weighted by molar-refractivity contribution is 5.99. The maximum absolute atomic E-state index is 14.4. The minimum Gasteiger partial charge on any atom is -0.482 e. The molecule has 1 saturated heterocycles. The largest absolute Gasteiger partial charge is 0.482 e. The number of fused-ring (bicyclic) bond motifs is 1. The average molecular weight is 480 g/mol. The van der Waals surface area contributed by atoms with Gasteiger partial charge in [0.1, 0.15) is 17.7 Å². The van der Waals surface area contributed by atoms with Gasteiger partial charge in [-0.2, -0.15) is 0 Å². The number of cyclic esters (lactones) is 1. The maximum atomic E-state index is 14.4. The van der Waals surface area contributed by atoms with Crippen LogP contribution in [-0.2, 0) is 27.2 Å². The summed E-state index contributed by atoms with van der Waals surface area (Å²) in [4.78, 5) is 39.9. The Hall–Kier alpha value is -3.66. The summed E-state index contributed by atoms with van der Waals surface area (Å²) in [6.45, 7) is 1.49. The molecule has 0 aromatic heterocycles. The first-order chi connectivity index (χ1) is 17.0. The third kappa shape index (κ3) is 3.87. The number of halogens is 1. The molecule has 0 radical (unpaired) electrons. The van der Waals surface area contributed by atoms with E-state index in [-0.39, 0.29) is 36.4 Å². The quantitative estimate of drug-likeness (QED) is 0.616. The van der Waals surface area contributed by atoms with Gasteiger partial charge < -0.3 is 25.0 Å². The Kier molecular flexibility index (Phi) is 5.32. The van der Waals surface area contributed by atoms with Crippen LogP contribution in [0.3, 0.4) is 0 Å². The summed E-state index contributed by atoms with van der Waals surface area (Å²) in [6.07, 6.45) is 1.47. The molecule has 2 aromatic rings. The Morgan fingerprint density at radius 2 is 2.03 bits per heavy atom. The van der Waals surface area contributed by atoms with Crippen LogP contribution < -0.4 is 25.2 Å². The van der Waals surface area contributed by atoms with E-state index in [0.29, 0.717) is 68.0 Å². The van der Waals surface area contributed by atoms with Crippen LogP contribution in [0.1, 0.15) is 24.0 Å². The van der Waals surface area contributed by atoms with Crippen molar-refractivity contribution in [1.29, 1.82) is 0 Å². The van der Waals surface area contributed by atoms with Crippen LogP contribution in [0.25, 0.3) is 0 Å². The summed E-state index contributed by atoms with van der Waals surface area (Å²) in [5.74, 6) is 0.117. The zero-order chi connectivity index (χ0) is 24.1. The van der Waals surface area contributed by atoms with Crippen LogP contribution in [0.2, 0.25) is 0 Å². The van der Waals surface area contributed by atoms with Gasteiger partial charge in [-0.1, -0.05) is 6.07 Å². The molecule has 1 fully saturated rings. The number of carbonyl (C=O) groups is 3. The smallest absolute Gasteiger partial charge is 0.414 e. The average Bonchev–Trinajstić information content (AvgIpc) is 3.42. The second-order valence-electron chi connectivity index (χ2n) is 9.28. The number of aryl methyl sites for hydroxylation is 1. The topological polar surface area (TPSA) is 100 Å². The zero-order valence-corrected chi connectivity index (χ0v) is 19.0. The van der Waals surface area contributed by atoms with Crippen LogP contribution in [0.4, 0.5) is 26.2 Å². The number of rotatable bonds is 6.